The molecule has 0 spiro atoms. The fraction of sp³-hybridized carbons (Fsp3) is 0.529. The van der Waals surface area contributed by atoms with Crippen molar-refractivity contribution in [2.75, 3.05) is 6.54 Å². The van der Waals surface area contributed by atoms with E-state index in [1.54, 1.807) is 24.3 Å². The van der Waals surface area contributed by atoms with Gasteiger partial charge in [0.25, 0.3) is 11.8 Å². The molecule has 0 radical (unpaired) electrons. The van der Waals surface area contributed by atoms with Crippen LogP contribution in [0.1, 0.15) is 61.3 Å². The molecule has 1 aromatic carbocycles. The summed E-state index contributed by atoms with van der Waals surface area (Å²) < 4.78 is 0. The van der Waals surface area contributed by atoms with Crippen LogP contribution in [0.4, 0.5) is 0 Å². The first kappa shape index (κ1) is 18.2. The van der Waals surface area contributed by atoms with Gasteiger partial charge in [0.05, 0.1) is 5.60 Å². The highest BCUT2D eigenvalue weighted by molar-refractivity contribution is 5.97. The summed E-state index contributed by atoms with van der Waals surface area (Å²) in [6.07, 6.45) is 1.16. The molecule has 0 aliphatic rings. The molecule has 0 fully saturated rings. The molecular formula is C17H26N2O3. The van der Waals surface area contributed by atoms with Crippen molar-refractivity contribution in [2.24, 2.45) is 0 Å². The molecular weight excluding hydrogens is 280 g/mol. The summed E-state index contributed by atoms with van der Waals surface area (Å²) in [6.45, 7) is 7.77. The maximum Gasteiger partial charge on any atom is 0.251 e. The molecule has 0 bridgehead atoms. The molecule has 5 heteroatoms. The Hall–Kier alpha value is -1.88. The Balaban J connectivity index is 2.66. The van der Waals surface area contributed by atoms with Crippen LogP contribution in [0.25, 0.3) is 0 Å². The van der Waals surface area contributed by atoms with Crippen molar-refractivity contribution in [3.8, 4) is 0 Å². The average molecular weight is 306 g/mol. The lowest BCUT2D eigenvalue weighted by atomic mass is 9.97. The molecule has 0 aliphatic heterocycles. The van der Waals surface area contributed by atoms with Crippen molar-refractivity contribution in [1.82, 2.24) is 10.6 Å². The fourth-order valence-corrected chi connectivity index (χ4v) is 1.97. The van der Waals surface area contributed by atoms with Crippen LogP contribution in [0.2, 0.25) is 0 Å². The molecule has 1 aromatic rings. The fourth-order valence-electron chi connectivity index (χ4n) is 1.97. The van der Waals surface area contributed by atoms with Crippen LogP contribution in [0, 0.1) is 0 Å². The van der Waals surface area contributed by atoms with Crippen molar-refractivity contribution < 1.29 is 14.7 Å². The first-order valence-electron chi connectivity index (χ1n) is 7.73. The zero-order chi connectivity index (χ0) is 16.8. The van der Waals surface area contributed by atoms with Gasteiger partial charge in [-0.2, -0.15) is 0 Å². The normalized spacial score (nSPS) is 11.4. The van der Waals surface area contributed by atoms with Gasteiger partial charge >= 0.3 is 0 Å². The Labute approximate surface area is 132 Å². The van der Waals surface area contributed by atoms with E-state index in [1.165, 1.54) is 0 Å². The summed E-state index contributed by atoms with van der Waals surface area (Å²) in [7, 11) is 0. The molecule has 0 unspecified atom stereocenters. The van der Waals surface area contributed by atoms with Gasteiger partial charge in [0, 0.05) is 23.7 Å². The number of carbonyl (C=O) groups excluding carboxylic acids is 2. The molecule has 3 N–H and O–H groups in total. The molecule has 0 aliphatic carbocycles. The molecule has 122 valence electrons. The second kappa shape index (κ2) is 7.94. The highest BCUT2D eigenvalue weighted by Gasteiger charge is 2.23. The quantitative estimate of drug-likeness (QED) is 0.722. The Morgan fingerprint density at radius 3 is 1.91 bits per heavy atom. The van der Waals surface area contributed by atoms with Gasteiger partial charge in [-0.05, 0) is 51.0 Å². The zero-order valence-corrected chi connectivity index (χ0v) is 13.8. The minimum atomic E-state index is -0.868. The molecule has 0 saturated heterocycles. The number of hydrogen-bond acceptors (Lipinski definition) is 3. The van der Waals surface area contributed by atoms with Gasteiger partial charge in [0.15, 0.2) is 0 Å². The summed E-state index contributed by atoms with van der Waals surface area (Å²) in [5.74, 6) is -0.413. The van der Waals surface area contributed by atoms with Crippen LogP contribution in [-0.4, -0.2) is 35.1 Å². The SMILES string of the molecule is CCC(O)(CC)CNC(=O)c1ccc(C(=O)NC(C)C)cc1. The van der Waals surface area contributed by atoms with Gasteiger partial charge in [0.1, 0.15) is 0 Å². The maximum atomic E-state index is 12.1. The van der Waals surface area contributed by atoms with E-state index in [0.29, 0.717) is 24.0 Å². The minimum Gasteiger partial charge on any atom is -0.388 e. The third-order valence-corrected chi connectivity index (χ3v) is 3.72. The van der Waals surface area contributed by atoms with Gasteiger partial charge in [-0.3, -0.25) is 9.59 Å². The predicted octanol–water partition coefficient (Wildman–Crippen LogP) is 2.11. The summed E-state index contributed by atoms with van der Waals surface area (Å²) in [6, 6.07) is 6.54. The molecule has 1 rings (SSSR count). The van der Waals surface area contributed by atoms with E-state index in [2.05, 4.69) is 10.6 Å². The first-order chi connectivity index (χ1) is 10.3. The number of hydrogen-bond donors (Lipinski definition) is 3. The Morgan fingerprint density at radius 2 is 1.50 bits per heavy atom. The van der Waals surface area contributed by atoms with Crippen LogP contribution in [-0.2, 0) is 0 Å². The van der Waals surface area contributed by atoms with E-state index in [0.717, 1.165) is 0 Å². The number of benzene rings is 1. The third kappa shape index (κ3) is 5.15. The molecule has 0 aromatic heterocycles. The minimum absolute atomic E-state index is 0.0660. The van der Waals surface area contributed by atoms with E-state index in [1.807, 2.05) is 27.7 Å². The van der Waals surface area contributed by atoms with Crippen molar-refractivity contribution in [3.63, 3.8) is 0 Å². The average Bonchev–Trinajstić information content (AvgIpc) is 2.51. The standard InChI is InChI=1S/C17H26N2O3/c1-5-17(22,6-2)11-18-15(20)13-7-9-14(10-8-13)16(21)19-12(3)4/h7-10,12,22H,5-6,11H2,1-4H3,(H,18,20)(H,19,21). The Kier molecular flexibility index (Phi) is 6.56. The predicted molar refractivity (Wildman–Crippen MR) is 86.9 cm³/mol. The van der Waals surface area contributed by atoms with E-state index >= 15 is 0 Å². The third-order valence-electron chi connectivity index (χ3n) is 3.72. The van der Waals surface area contributed by atoms with Crippen LogP contribution in [0.5, 0.6) is 0 Å². The lowest BCUT2D eigenvalue weighted by Crippen LogP contribution is -2.42. The topological polar surface area (TPSA) is 78.4 Å². The molecule has 0 atom stereocenters. The van der Waals surface area contributed by atoms with Crippen LogP contribution >= 0.6 is 0 Å². The summed E-state index contributed by atoms with van der Waals surface area (Å²) in [5, 5.41) is 15.7. The van der Waals surface area contributed by atoms with Crippen LogP contribution < -0.4 is 10.6 Å². The van der Waals surface area contributed by atoms with Crippen LogP contribution in [0.3, 0.4) is 0 Å². The maximum absolute atomic E-state index is 12.1. The van der Waals surface area contributed by atoms with Crippen molar-refractivity contribution in [1.29, 1.82) is 0 Å². The van der Waals surface area contributed by atoms with Gasteiger partial charge < -0.3 is 15.7 Å². The van der Waals surface area contributed by atoms with Crippen molar-refractivity contribution >= 4 is 11.8 Å². The number of aliphatic hydroxyl groups is 1. The molecule has 2 amide bonds. The second-order valence-electron chi connectivity index (χ2n) is 5.82. The number of rotatable bonds is 7. The van der Waals surface area contributed by atoms with E-state index in [9.17, 15) is 14.7 Å². The van der Waals surface area contributed by atoms with E-state index in [4.69, 9.17) is 0 Å². The Morgan fingerprint density at radius 1 is 1.05 bits per heavy atom. The molecule has 0 saturated carbocycles. The van der Waals surface area contributed by atoms with Gasteiger partial charge in [-0.25, -0.2) is 0 Å². The highest BCUT2D eigenvalue weighted by atomic mass is 16.3. The Bertz CT molecular complexity index is 505. The van der Waals surface area contributed by atoms with Gasteiger partial charge in [0.2, 0.25) is 0 Å². The summed E-state index contributed by atoms with van der Waals surface area (Å²) in [4.78, 5) is 23.9. The number of carbonyl (C=O) groups is 2. The van der Waals surface area contributed by atoms with Crippen molar-refractivity contribution in [3.05, 3.63) is 35.4 Å². The molecule has 0 heterocycles. The van der Waals surface area contributed by atoms with Crippen molar-refractivity contribution in [2.45, 2.75) is 52.2 Å². The number of amides is 2. The van der Waals surface area contributed by atoms with E-state index < -0.39 is 5.60 Å². The van der Waals surface area contributed by atoms with Crippen LogP contribution in [0.15, 0.2) is 24.3 Å². The lowest BCUT2D eigenvalue weighted by Gasteiger charge is -2.25. The summed E-state index contributed by atoms with van der Waals surface area (Å²) in [5.41, 5.74) is 0.117. The smallest absolute Gasteiger partial charge is 0.251 e. The molecule has 5 nitrogen and oxygen atoms in total. The first-order valence-corrected chi connectivity index (χ1v) is 7.73. The van der Waals surface area contributed by atoms with E-state index in [-0.39, 0.29) is 24.4 Å². The second-order valence-corrected chi connectivity index (χ2v) is 5.82. The summed E-state index contributed by atoms with van der Waals surface area (Å²) >= 11 is 0. The largest absolute Gasteiger partial charge is 0.388 e. The zero-order valence-electron chi connectivity index (χ0n) is 13.8. The highest BCUT2D eigenvalue weighted by Crippen LogP contribution is 2.13. The molecule has 22 heavy (non-hydrogen) atoms. The van der Waals surface area contributed by atoms with Gasteiger partial charge in [-0.15, -0.1) is 0 Å². The lowest BCUT2D eigenvalue weighted by molar-refractivity contribution is 0.0314. The van der Waals surface area contributed by atoms with Gasteiger partial charge in [-0.1, -0.05) is 13.8 Å². The number of nitrogens with one attached hydrogen (secondary N) is 2. The monoisotopic (exact) mass is 306 g/mol.